The predicted molar refractivity (Wildman–Crippen MR) is 84.7 cm³/mol. The molecule has 0 aromatic carbocycles. The largest absolute Gasteiger partial charge is 0.317 e. The van der Waals surface area contributed by atoms with Crippen LogP contribution in [-0.4, -0.2) is 35.6 Å². The van der Waals surface area contributed by atoms with Crippen molar-refractivity contribution in [3.8, 4) is 0 Å². The quantitative estimate of drug-likeness (QED) is 0.871. The summed E-state index contributed by atoms with van der Waals surface area (Å²) in [6, 6.07) is 4.10. The van der Waals surface area contributed by atoms with Crippen LogP contribution in [0.4, 0.5) is 4.39 Å². The third-order valence-corrected chi connectivity index (χ3v) is 4.47. The Labute approximate surface area is 127 Å². The number of hydrogen-bond acceptors (Lipinski definition) is 3. The molecule has 1 N–H and O–H groups in total. The lowest BCUT2D eigenvalue weighted by molar-refractivity contribution is 0.110. The Morgan fingerprint density at radius 1 is 1.33 bits per heavy atom. The first-order valence-corrected chi connectivity index (χ1v) is 8.19. The van der Waals surface area contributed by atoms with Gasteiger partial charge in [0.05, 0.1) is 17.9 Å². The summed E-state index contributed by atoms with van der Waals surface area (Å²) in [6.07, 6.45) is 4.83. The first-order valence-electron chi connectivity index (χ1n) is 8.19. The summed E-state index contributed by atoms with van der Waals surface area (Å²) in [7, 11) is 0. The van der Waals surface area contributed by atoms with Crippen molar-refractivity contribution in [1.29, 1.82) is 0 Å². The van der Waals surface area contributed by atoms with Gasteiger partial charge in [-0.3, -0.25) is 9.88 Å². The number of piperidine rings is 1. The molecular weight excluding hydrogens is 265 g/mol. The Hall–Kier alpha value is -1.00. The van der Waals surface area contributed by atoms with Crippen LogP contribution in [0.2, 0.25) is 0 Å². The summed E-state index contributed by atoms with van der Waals surface area (Å²) in [4.78, 5) is 6.85. The van der Waals surface area contributed by atoms with Crippen LogP contribution in [0.25, 0.3) is 0 Å². The van der Waals surface area contributed by atoms with Crippen molar-refractivity contribution in [1.82, 2.24) is 15.2 Å². The summed E-state index contributed by atoms with van der Waals surface area (Å²) in [5.41, 5.74) is 0.988. The lowest BCUT2D eigenvalue weighted by Gasteiger charge is -2.38. The van der Waals surface area contributed by atoms with Gasteiger partial charge in [0.15, 0.2) is 0 Å². The highest BCUT2D eigenvalue weighted by molar-refractivity contribution is 5.10. The van der Waals surface area contributed by atoms with Gasteiger partial charge in [-0.2, -0.15) is 0 Å². The van der Waals surface area contributed by atoms with Gasteiger partial charge < -0.3 is 5.32 Å². The third-order valence-electron chi connectivity index (χ3n) is 4.47. The van der Waals surface area contributed by atoms with E-state index in [2.05, 4.69) is 36.0 Å². The molecule has 118 valence electrons. The summed E-state index contributed by atoms with van der Waals surface area (Å²) in [5.74, 6) is 0.492. The zero-order valence-electron chi connectivity index (χ0n) is 13.5. The van der Waals surface area contributed by atoms with Gasteiger partial charge in [-0.15, -0.1) is 0 Å². The fourth-order valence-corrected chi connectivity index (χ4v) is 3.26. The summed E-state index contributed by atoms with van der Waals surface area (Å²) < 4.78 is 13.1. The van der Waals surface area contributed by atoms with Crippen LogP contribution in [-0.2, 0) is 0 Å². The minimum Gasteiger partial charge on any atom is -0.317 e. The van der Waals surface area contributed by atoms with Crippen molar-refractivity contribution in [2.45, 2.75) is 52.1 Å². The average molecular weight is 293 g/mol. The molecule has 1 aliphatic heterocycles. The average Bonchev–Trinajstić information content (AvgIpc) is 2.49. The maximum absolute atomic E-state index is 13.1. The number of nitrogens with zero attached hydrogens (tertiary/aromatic N) is 2. The highest BCUT2D eigenvalue weighted by Crippen LogP contribution is 2.27. The Kier molecular flexibility index (Phi) is 6.12. The van der Waals surface area contributed by atoms with Gasteiger partial charge in [-0.1, -0.05) is 6.92 Å². The topological polar surface area (TPSA) is 28.2 Å². The van der Waals surface area contributed by atoms with E-state index in [0.29, 0.717) is 6.04 Å². The van der Waals surface area contributed by atoms with E-state index in [0.717, 1.165) is 37.7 Å². The molecule has 2 heterocycles. The SMILES string of the molecule is CCC(c1ccc(F)cn1)N(CC1CCNCC1)C(C)C. The lowest BCUT2D eigenvalue weighted by atomic mass is 9.95. The number of rotatable bonds is 6. The van der Waals surface area contributed by atoms with E-state index in [1.165, 1.54) is 25.1 Å². The number of aromatic nitrogens is 1. The van der Waals surface area contributed by atoms with Crippen LogP contribution < -0.4 is 5.32 Å². The number of halogens is 1. The van der Waals surface area contributed by atoms with E-state index >= 15 is 0 Å². The number of nitrogens with one attached hydrogen (secondary N) is 1. The van der Waals surface area contributed by atoms with Gasteiger partial charge in [0.1, 0.15) is 5.82 Å². The molecule has 0 saturated carbocycles. The molecule has 0 aliphatic carbocycles. The van der Waals surface area contributed by atoms with Crippen LogP contribution >= 0.6 is 0 Å². The van der Waals surface area contributed by atoms with Gasteiger partial charge >= 0.3 is 0 Å². The van der Waals surface area contributed by atoms with E-state index in [1.54, 1.807) is 0 Å². The number of pyridine rings is 1. The normalized spacial score (nSPS) is 18.4. The molecule has 2 rings (SSSR count). The van der Waals surface area contributed by atoms with Crippen molar-refractivity contribution in [2.24, 2.45) is 5.92 Å². The van der Waals surface area contributed by atoms with Crippen LogP contribution in [0, 0.1) is 11.7 Å². The molecule has 1 fully saturated rings. The van der Waals surface area contributed by atoms with Crippen LogP contribution in [0.15, 0.2) is 18.3 Å². The Bertz CT molecular complexity index is 413. The van der Waals surface area contributed by atoms with Crippen LogP contribution in [0.5, 0.6) is 0 Å². The molecule has 1 saturated heterocycles. The molecule has 0 bridgehead atoms. The Morgan fingerprint density at radius 2 is 2.05 bits per heavy atom. The van der Waals surface area contributed by atoms with E-state index in [1.807, 2.05) is 6.07 Å². The molecule has 1 aromatic heterocycles. The molecule has 0 amide bonds. The minimum atomic E-state index is -0.261. The first-order chi connectivity index (χ1) is 10.1. The van der Waals surface area contributed by atoms with Crippen LogP contribution in [0.3, 0.4) is 0 Å². The molecule has 1 aromatic rings. The van der Waals surface area contributed by atoms with Gasteiger partial charge in [0.25, 0.3) is 0 Å². The van der Waals surface area contributed by atoms with E-state index in [-0.39, 0.29) is 11.9 Å². The fourth-order valence-electron chi connectivity index (χ4n) is 3.26. The Morgan fingerprint density at radius 3 is 2.57 bits per heavy atom. The summed E-state index contributed by atoms with van der Waals surface area (Å²) in [6.45, 7) is 10.0. The molecular formula is C17H28FN3. The predicted octanol–water partition coefficient (Wildman–Crippen LogP) is 3.38. The first kappa shape index (κ1) is 16.4. The van der Waals surface area contributed by atoms with Crippen molar-refractivity contribution in [3.05, 3.63) is 29.8 Å². The van der Waals surface area contributed by atoms with Crippen molar-refractivity contribution >= 4 is 0 Å². The van der Waals surface area contributed by atoms with Gasteiger partial charge in [0.2, 0.25) is 0 Å². The van der Waals surface area contributed by atoms with Crippen molar-refractivity contribution < 1.29 is 4.39 Å². The van der Waals surface area contributed by atoms with Gasteiger partial charge in [-0.25, -0.2) is 4.39 Å². The zero-order valence-corrected chi connectivity index (χ0v) is 13.5. The molecule has 0 spiro atoms. The Balaban J connectivity index is 2.11. The highest BCUT2D eigenvalue weighted by atomic mass is 19.1. The standard InChI is InChI=1S/C17H28FN3/c1-4-17(16-6-5-15(18)11-20-16)21(13(2)3)12-14-7-9-19-10-8-14/h5-6,11,13-14,17,19H,4,7-10,12H2,1-3H3. The molecule has 1 unspecified atom stereocenters. The third kappa shape index (κ3) is 4.48. The summed E-state index contributed by atoms with van der Waals surface area (Å²) >= 11 is 0. The maximum Gasteiger partial charge on any atom is 0.141 e. The van der Waals surface area contributed by atoms with E-state index in [4.69, 9.17) is 0 Å². The monoisotopic (exact) mass is 293 g/mol. The molecule has 1 atom stereocenters. The van der Waals surface area contributed by atoms with Crippen molar-refractivity contribution in [2.75, 3.05) is 19.6 Å². The van der Waals surface area contributed by atoms with E-state index in [9.17, 15) is 4.39 Å². The zero-order chi connectivity index (χ0) is 15.2. The fraction of sp³-hybridized carbons (Fsp3) is 0.706. The summed E-state index contributed by atoms with van der Waals surface area (Å²) in [5, 5.41) is 3.43. The molecule has 21 heavy (non-hydrogen) atoms. The maximum atomic E-state index is 13.1. The smallest absolute Gasteiger partial charge is 0.141 e. The van der Waals surface area contributed by atoms with Crippen LogP contribution in [0.1, 0.15) is 51.8 Å². The second-order valence-electron chi connectivity index (χ2n) is 6.31. The van der Waals surface area contributed by atoms with E-state index < -0.39 is 0 Å². The minimum absolute atomic E-state index is 0.261. The molecule has 1 aliphatic rings. The molecule has 3 nitrogen and oxygen atoms in total. The lowest BCUT2D eigenvalue weighted by Crippen LogP contribution is -2.41. The number of hydrogen-bond donors (Lipinski definition) is 1. The second kappa shape index (κ2) is 7.85. The van der Waals surface area contributed by atoms with Gasteiger partial charge in [0, 0.05) is 12.6 Å². The highest BCUT2D eigenvalue weighted by Gasteiger charge is 2.26. The molecule has 0 radical (unpaired) electrons. The molecule has 4 heteroatoms. The van der Waals surface area contributed by atoms with Gasteiger partial charge in [-0.05, 0) is 64.3 Å². The second-order valence-corrected chi connectivity index (χ2v) is 6.31. The van der Waals surface area contributed by atoms with Crippen molar-refractivity contribution in [3.63, 3.8) is 0 Å².